The van der Waals surface area contributed by atoms with Gasteiger partial charge in [0, 0.05) is 19.0 Å². The van der Waals surface area contributed by atoms with Crippen LogP contribution in [0.4, 0.5) is 4.39 Å². The number of morpholine rings is 1. The van der Waals surface area contributed by atoms with Gasteiger partial charge in [0.05, 0.1) is 26.3 Å². The Bertz CT molecular complexity index is 994. The summed E-state index contributed by atoms with van der Waals surface area (Å²) in [5.74, 6) is -0.203. The van der Waals surface area contributed by atoms with Gasteiger partial charge in [-0.25, -0.2) is 14.1 Å². The van der Waals surface area contributed by atoms with Crippen molar-refractivity contribution in [2.45, 2.75) is 12.6 Å². The Hall–Kier alpha value is -2.98. The van der Waals surface area contributed by atoms with E-state index in [4.69, 9.17) is 9.47 Å². The molecular formula is C18H19FN6O3. The Morgan fingerprint density at radius 3 is 3.11 bits per heavy atom. The van der Waals surface area contributed by atoms with Crippen molar-refractivity contribution >= 4 is 16.8 Å². The number of hydrogen-bond acceptors (Lipinski definition) is 7. The number of fused-ring (bicyclic) bond motifs is 1. The quantitative estimate of drug-likeness (QED) is 0.651. The average Bonchev–Trinajstić information content (AvgIpc) is 3.20. The van der Waals surface area contributed by atoms with Gasteiger partial charge in [-0.1, -0.05) is 18.2 Å². The summed E-state index contributed by atoms with van der Waals surface area (Å²) in [5.41, 5.74) is 0.374. The van der Waals surface area contributed by atoms with Crippen molar-refractivity contribution in [2.24, 2.45) is 0 Å². The average molecular weight is 386 g/mol. The SMILES string of the molecule is COCCn1nnnc1[C@@H]1CN(C(=O)c2ccc3cccc(F)c3n2)CCO1. The van der Waals surface area contributed by atoms with Crippen molar-refractivity contribution in [2.75, 3.05) is 33.4 Å². The predicted molar refractivity (Wildman–Crippen MR) is 96.0 cm³/mol. The molecule has 0 saturated carbocycles. The lowest BCUT2D eigenvalue weighted by molar-refractivity contribution is -0.0293. The van der Waals surface area contributed by atoms with E-state index in [-0.39, 0.29) is 23.7 Å². The van der Waals surface area contributed by atoms with Gasteiger partial charge in [-0.3, -0.25) is 4.79 Å². The van der Waals surface area contributed by atoms with Gasteiger partial charge in [0.1, 0.15) is 23.1 Å². The van der Waals surface area contributed by atoms with Crippen LogP contribution in [0.15, 0.2) is 30.3 Å². The molecule has 10 heteroatoms. The molecule has 1 atom stereocenters. The van der Waals surface area contributed by atoms with E-state index in [0.717, 1.165) is 0 Å². The molecule has 28 heavy (non-hydrogen) atoms. The summed E-state index contributed by atoms with van der Waals surface area (Å²) in [6.07, 6.45) is -0.457. The van der Waals surface area contributed by atoms with Crippen LogP contribution in [-0.2, 0) is 16.0 Å². The van der Waals surface area contributed by atoms with Gasteiger partial charge in [-0.05, 0) is 22.6 Å². The summed E-state index contributed by atoms with van der Waals surface area (Å²) in [7, 11) is 1.60. The second kappa shape index (κ2) is 7.95. The van der Waals surface area contributed by atoms with E-state index in [2.05, 4.69) is 20.5 Å². The number of tetrazole rings is 1. The van der Waals surface area contributed by atoms with Gasteiger partial charge in [0.25, 0.3) is 5.91 Å². The first kappa shape index (κ1) is 18.4. The molecule has 1 aromatic carbocycles. The molecule has 1 amide bonds. The number of ether oxygens (including phenoxy) is 2. The van der Waals surface area contributed by atoms with Gasteiger partial charge in [-0.15, -0.1) is 5.10 Å². The van der Waals surface area contributed by atoms with E-state index in [0.29, 0.717) is 37.5 Å². The Labute approximate surface area is 160 Å². The molecule has 9 nitrogen and oxygen atoms in total. The van der Waals surface area contributed by atoms with Crippen LogP contribution >= 0.6 is 0 Å². The van der Waals surface area contributed by atoms with Crippen molar-refractivity contribution in [3.63, 3.8) is 0 Å². The van der Waals surface area contributed by atoms with E-state index in [1.165, 1.54) is 6.07 Å². The second-order valence-corrected chi connectivity index (χ2v) is 6.37. The highest BCUT2D eigenvalue weighted by atomic mass is 19.1. The lowest BCUT2D eigenvalue weighted by Gasteiger charge is -2.32. The molecule has 3 heterocycles. The van der Waals surface area contributed by atoms with Crippen molar-refractivity contribution in [3.05, 3.63) is 47.7 Å². The molecule has 1 aliphatic rings. The molecule has 3 aromatic rings. The van der Waals surface area contributed by atoms with Gasteiger partial charge >= 0.3 is 0 Å². The number of carbonyl (C=O) groups is 1. The van der Waals surface area contributed by atoms with Crippen LogP contribution in [0, 0.1) is 5.82 Å². The Morgan fingerprint density at radius 2 is 2.25 bits per heavy atom. The molecule has 146 valence electrons. The number of benzene rings is 1. The topological polar surface area (TPSA) is 95.3 Å². The highest BCUT2D eigenvalue weighted by molar-refractivity contribution is 5.95. The molecule has 0 aliphatic carbocycles. The maximum absolute atomic E-state index is 14.0. The third-order valence-electron chi connectivity index (χ3n) is 4.60. The molecule has 0 radical (unpaired) electrons. The van der Waals surface area contributed by atoms with Crippen LogP contribution in [0.2, 0.25) is 0 Å². The van der Waals surface area contributed by atoms with Crippen LogP contribution in [0.5, 0.6) is 0 Å². The van der Waals surface area contributed by atoms with Crippen LogP contribution in [0.25, 0.3) is 10.9 Å². The minimum absolute atomic E-state index is 0.182. The van der Waals surface area contributed by atoms with Gasteiger partial charge in [0.2, 0.25) is 0 Å². The largest absolute Gasteiger partial charge is 0.383 e. The molecule has 0 bridgehead atoms. The monoisotopic (exact) mass is 386 g/mol. The van der Waals surface area contributed by atoms with Crippen molar-refractivity contribution in [1.82, 2.24) is 30.1 Å². The number of aromatic nitrogens is 5. The number of methoxy groups -OCH3 is 1. The number of carbonyl (C=O) groups excluding carboxylic acids is 1. The first-order valence-electron chi connectivity index (χ1n) is 8.88. The summed E-state index contributed by atoms with van der Waals surface area (Å²) < 4.78 is 26.5. The summed E-state index contributed by atoms with van der Waals surface area (Å²) in [5, 5.41) is 12.3. The summed E-state index contributed by atoms with van der Waals surface area (Å²) in [6, 6.07) is 8.00. The first-order chi connectivity index (χ1) is 13.7. The predicted octanol–water partition coefficient (Wildman–Crippen LogP) is 1.22. The Balaban J connectivity index is 1.54. The third kappa shape index (κ3) is 3.56. The molecule has 1 fully saturated rings. The van der Waals surface area contributed by atoms with E-state index >= 15 is 0 Å². The minimum atomic E-state index is -0.457. The lowest BCUT2D eigenvalue weighted by Crippen LogP contribution is -2.43. The van der Waals surface area contributed by atoms with Crippen LogP contribution in [0.1, 0.15) is 22.4 Å². The smallest absolute Gasteiger partial charge is 0.272 e. The van der Waals surface area contributed by atoms with Crippen LogP contribution in [0.3, 0.4) is 0 Å². The number of halogens is 1. The van der Waals surface area contributed by atoms with Crippen molar-refractivity contribution in [3.8, 4) is 0 Å². The summed E-state index contributed by atoms with van der Waals surface area (Å²) >= 11 is 0. The fraction of sp³-hybridized carbons (Fsp3) is 0.389. The second-order valence-electron chi connectivity index (χ2n) is 6.37. The number of para-hydroxylation sites is 1. The molecule has 0 N–H and O–H groups in total. The number of nitrogens with zero attached hydrogens (tertiary/aromatic N) is 6. The standard InChI is InChI=1S/C18H19FN6O3/c1-27-9-8-25-17(21-22-23-25)15-11-24(7-10-28-15)18(26)14-6-5-12-3-2-4-13(19)16(12)20-14/h2-6,15H,7-11H2,1H3/t15-/m0/s1. The molecule has 1 saturated heterocycles. The number of pyridine rings is 1. The highest BCUT2D eigenvalue weighted by Crippen LogP contribution is 2.22. The van der Waals surface area contributed by atoms with Crippen LogP contribution < -0.4 is 0 Å². The molecular weight excluding hydrogens is 367 g/mol. The maximum Gasteiger partial charge on any atom is 0.272 e. The zero-order valence-electron chi connectivity index (χ0n) is 15.3. The zero-order chi connectivity index (χ0) is 19.5. The molecule has 2 aromatic heterocycles. The zero-order valence-corrected chi connectivity index (χ0v) is 15.3. The van der Waals surface area contributed by atoms with Gasteiger partial charge < -0.3 is 14.4 Å². The van der Waals surface area contributed by atoms with Crippen LogP contribution in [-0.4, -0.2) is 69.4 Å². The van der Waals surface area contributed by atoms with Crippen molar-refractivity contribution in [1.29, 1.82) is 0 Å². The molecule has 1 aliphatic heterocycles. The highest BCUT2D eigenvalue weighted by Gasteiger charge is 2.30. The van der Waals surface area contributed by atoms with Gasteiger partial charge in [-0.2, -0.15) is 0 Å². The number of amides is 1. The van der Waals surface area contributed by atoms with E-state index in [1.807, 2.05) is 0 Å². The van der Waals surface area contributed by atoms with E-state index < -0.39 is 11.9 Å². The summed E-state index contributed by atoms with van der Waals surface area (Å²) in [6.45, 7) is 1.97. The summed E-state index contributed by atoms with van der Waals surface area (Å²) in [4.78, 5) is 18.8. The van der Waals surface area contributed by atoms with Crippen molar-refractivity contribution < 1.29 is 18.7 Å². The Morgan fingerprint density at radius 1 is 1.36 bits per heavy atom. The maximum atomic E-state index is 14.0. The fourth-order valence-electron chi connectivity index (χ4n) is 3.16. The van der Waals surface area contributed by atoms with E-state index in [1.54, 1.807) is 41.0 Å². The minimum Gasteiger partial charge on any atom is -0.383 e. The first-order valence-corrected chi connectivity index (χ1v) is 8.88. The molecule has 0 unspecified atom stereocenters. The molecule has 4 rings (SSSR count). The lowest BCUT2D eigenvalue weighted by atomic mass is 10.1. The third-order valence-corrected chi connectivity index (χ3v) is 4.60. The van der Waals surface area contributed by atoms with E-state index in [9.17, 15) is 9.18 Å². The van der Waals surface area contributed by atoms with Gasteiger partial charge in [0.15, 0.2) is 5.82 Å². The Kier molecular flexibility index (Phi) is 5.22. The normalized spacial score (nSPS) is 17.2. The number of rotatable bonds is 5. The molecule has 0 spiro atoms. The fourth-order valence-corrected chi connectivity index (χ4v) is 3.16. The number of hydrogen-bond donors (Lipinski definition) is 0.